The summed E-state index contributed by atoms with van der Waals surface area (Å²) in [7, 11) is 0. The Kier molecular flexibility index (Phi) is 5.40. The standard InChI is InChI=1S/C18H12F2IN3O2/c19-13-8-12(9-14(20)18(13)21)22-16(25)10-24-17(26)7-6-15(23-24)11-4-2-1-3-5-11/h1-9H,10H2,(H,22,25). The van der Waals surface area contributed by atoms with Crippen LogP contribution in [-0.4, -0.2) is 15.7 Å². The number of anilines is 1. The van der Waals surface area contributed by atoms with Crippen LogP contribution in [-0.2, 0) is 11.3 Å². The topological polar surface area (TPSA) is 64.0 Å². The summed E-state index contributed by atoms with van der Waals surface area (Å²) in [5.41, 5.74) is 0.838. The Morgan fingerprint density at radius 3 is 2.38 bits per heavy atom. The molecule has 0 aliphatic rings. The average molecular weight is 467 g/mol. The molecule has 0 unspecified atom stereocenters. The van der Waals surface area contributed by atoms with Gasteiger partial charge < -0.3 is 5.32 Å². The molecule has 1 heterocycles. The summed E-state index contributed by atoms with van der Waals surface area (Å²) in [6, 6.07) is 14.1. The Morgan fingerprint density at radius 2 is 1.73 bits per heavy atom. The van der Waals surface area contributed by atoms with Gasteiger partial charge in [-0.05, 0) is 40.8 Å². The van der Waals surface area contributed by atoms with Crippen molar-refractivity contribution in [3.05, 3.63) is 80.2 Å². The molecule has 3 rings (SSSR count). The zero-order valence-corrected chi connectivity index (χ0v) is 15.4. The molecule has 3 aromatic rings. The van der Waals surface area contributed by atoms with Crippen molar-refractivity contribution in [2.45, 2.75) is 6.54 Å². The van der Waals surface area contributed by atoms with Crippen LogP contribution < -0.4 is 10.9 Å². The van der Waals surface area contributed by atoms with Gasteiger partial charge in [0, 0.05) is 17.3 Å². The van der Waals surface area contributed by atoms with Gasteiger partial charge in [0.05, 0.1) is 9.26 Å². The molecule has 132 valence electrons. The maximum Gasteiger partial charge on any atom is 0.267 e. The molecule has 1 N–H and O–H groups in total. The lowest BCUT2D eigenvalue weighted by molar-refractivity contribution is -0.117. The normalized spacial score (nSPS) is 10.6. The lowest BCUT2D eigenvalue weighted by atomic mass is 10.1. The quantitative estimate of drug-likeness (QED) is 0.473. The first-order chi connectivity index (χ1) is 12.4. The van der Waals surface area contributed by atoms with Crippen LogP contribution in [0, 0.1) is 15.2 Å². The third-order valence-electron chi connectivity index (χ3n) is 3.50. The number of aromatic nitrogens is 2. The predicted molar refractivity (Wildman–Crippen MR) is 102 cm³/mol. The van der Waals surface area contributed by atoms with Gasteiger partial charge in [0.2, 0.25) is 5.91 Å². The number of hydrogen-bond acceptors (Lipinski definition) is 3. The van der Waals surface area contributed by atoms with Gasteiger partial charge in [-0.1, -0.05) is 30.3 Å². The fourth-order valence-electron chi connectivity index (χ4n) is 2.29. The van der Waals surface area contributed by atoms with Crippen molar-refractivity contribution in [2.75, 3.05) is 5.32 Å². The smallest absolute Gasteiger partial charge is 0.267 e. The Balaban J connectivity index is 1.80. The molecule has 0 atom stereocenters. The van der Waals surface area contributed by atoms with E-state index in [9.17, 15) is 18.4 Å². The van der Waals surface area contributed by atoms with E-state index in [0.29, 0.717) is 5.69 Å². The van der Waals surface area contributed by atoms with Crippen molar-refractivity contribution >= 4 is 34.2 Å². The van der Waals surface area contributed by atoms with Crippen LogP contribution in [0.25, 0.3) is 11.3 Å². The van der Waals surface area contributed by atoms with Crippen molar-refractivity contribution in [2.24, 2.45) is 0 Å². The first kappa shape index (κ1) is 18.2. The highest BCUT2D eigenvalue weighted by Crippen LogP contribution is 2.20. The molecular formula is C18H12F2IN3O2. The summed E-state index contributed by atoms with van der Waals surface area (Å²) in [6.45, 7) is -0.380. The fourth-order valence-corrected chi connectivity index (χ4v) is 2.60. The van der Waals surface area contributed by atoms with Gasteiger partial charge >= 0.3 is 0 Å². The van der Waals surface area contributed by atoms with Crippen molar-refractivity contribution in [1.82, 2.24) is 9.78 Å². The van der Waals surface area contributed by atoms with Crippen LogP contribution in [0.3, 0.4) is 0 Å². The van der Waals surface area contributed by atoms with E-state index < -0.39 is 23.1 Å². The van der Waals surface area contributed by atoms with Gasteiger partial charge in [0.1, 0.15) is 18.2 Å². The van der Waals surface area contributed by atoms with Crippen LogP contribution in [0.2, 0.25) is 0 Å². The van der Waals surface area contributed by atoms with Crippen LogP contribution >= 0.6 is 22.6 Å². The van der Waals surface area contributed by atoms with Gasteiger partial charge in [-0.15, -0.1) is 0 Å². The van der Waals surface area contributed by atoms with Gasteiger partial charge in [0.25, 0.3) is 5.56 Å². The number of hydrogen-bond donors (Lipinski definition) is 1. The molecule has 0 saturated carbocycles. The number of nitrogens with one attached hydrogen (secondary N) is 1. The fraction of sp³-hybridized carbons (Fsp3) is 0.0556. The van der Waals surface area contributed by atoms with Gasteiger partial charge in [-0.3, -0.25) is 9.59 Å². The van der Waals surface area contributed by atoms with Gasteiger partial charge in [-0.2, -0.15) is 5.10 Å². The van der Waals surface area contributed by atoms with E-state index in [1.165, 1.54) is 28.7 Å². The van der Waals surface area contributed by atoms with Crippen LogP contribution in [0.4, 0.5) is 14.5 Å². The highest BCUT2D eigenvalue weighted by Gasteiger charge is 2.12. The van der Waals surface area contributed by atoms with Gasteiger partial charge in [-0.25, -0.2) is 13.5 Å². The molecule has 0 radical (unpaired) electrons. The van der Waals surface area contributed by atoms with Crippen molar-refractivity contribution in [3.63, 3.8) is 0 Å². The molecule has 0 aliphatic heterocycles. The second kappa shape index (κ2) is 7.73. The van der Waals surface area contributed by atoms with E-state index >= 15 is 0 Å². The second-order valence-electron chi connectivity index (χ2n) is 5.38. The predicted octanol–water partition coefficient (Wildman–Crippen LogP) is 3.43. The minimum absolute atomic E-state index is 0.0299. The summed E-state index contributed by atoms with van der Waals surface area (Å²) < 4.78 is 28.0. The maximum atomic E-state index is 13.6. The van der Waals surface area contributed by atoms with E-state index in [4.69, 9.17) is 0 Å². The maximum absolute atomic E-state index is 13.6. The van der Waals surface area contributed by atoms with Crippen molar-refractivity contribution < 1.29 is 13.6 Å². The molecule has 5 nitrogen and oxygen atoms in total. The summed E-state index contributed by atoms with van der Waals surface area (Å²) in [5.74, 6) is -2.17. The molecule has 0 spiro atoms. The summed E-state index contributed by atoms with van der Waals surface area (Å²) in [4.78, 5) is 24.1. The molecule has 0 bridgehead atoms. The van der Waals surface area contributed by atoms with E-state index in [-0.39, 0.29) is 15.8 Å². The minimum atomic E-state index is -0.776. The number of rotatable bonds is 4. The van der Waals surface area contributed by atoms with E-state index in [2.05, 4.69) is 10.4 Å². The van der Waals surface area contributed by atoms with E-state index in [1.54, 1.807) is 6.07 Å². The molecule has 1 amide bonds. The minimum Gasteiger partial charge on any atom is -0.324 e. The van der Waals surface area contributed by atoms with E-state index in [1.807, 2.05) is 30.3 Å². The number of halogens is 3. The number of carbonyl (C=O) groups excluding carboxylic acids is 1. The third-order valence-corrected chi connectivity index (χ3v) is 4.53. The molecule has 1 aromatic heterocycles. The molecule has 2 aromatic carbocycles. The summed E-state index contributed by atoms with van der Waals surface area (Å²) in [6.07, 6.45) is 0. The van der Waals surface area contributed by atoms with Crippen molar-refractivity contribution in [1.29, 1.82) is 0 Å². The monoisotopic (exact) mass is 467 g/mol. The molecule has 26 heavy (non-hydrogen) atoms. The lowest BCUT2D eigenvalue weighted by Crippen LogP contribution is -2.29. The first-order valence-electron chi connectivity index (χ1n) is 7.52. The van der Waals surface area contributed by atoms with Crippen LogP contribution in [0.5, 0.6) is 0 Å². The third kappa shape index (κ3) is 4.13. The highest BCUT2D eigenvalue weighted by atomic mass is 127. The summed E-state index contributed by atoms with van der Waals surface area (Å²) >= 11 is 1.53. The molecule has 0 fully saturated rings. The van der Waals surface area contributed by atoms with Crippen LogP contribution in [0.15, 0.2) is 59.4 Å². The van der Waals surface area contributed by atoms with Gasteiger partial charge in [0.15, 0.2) is 0 Å². The lowest BCUT2D eigenvalue weighted by Gasteiger charge is -2.09. The molecule has 8 heteroatoms. The molecule has 0 saturated heterocycles. The number of amides is 1. The number of nitrogens with zero attached hydrogens (tertiary/aromatic N) is 2. The molecular weight excluding hydrogens is 455 g/mol. The SMILES string of the molecule is O=C(Cn1nc(-c2ccccc2)ccc1=O)Nc1cc(F)c(I)c(F)c1. The summed E-state index contributed by atoms with van der Waals surface area (Å²) in [5, 5.41) is 6.53. The van der Waals surface area contributed by atoms with Crippen molar-refractivity contribution in [3.8, 4) is 11.3 Å². The Labute approximate surface area is 160 Å². The largest absolute Gasteiger partial charge is 0.324 e. The van der Waals surface area contributed by atoms with Crippen LogP contribution in [0.1, 0.15) is 0 Å². The second-order valence-corrected chi connectivity index (χ2v) is 6.46. The first-order valence-corrected chi connectivity index (χ1v) is 8.60. The zero-order valence-electron chi connectivity index (χ0n) is 13.2. The Morgan fingerprint density at radius 1 is 1.08 bits per heavy atom. The Hall–Kier alpha value is -2.62. The highest BCUT2D eigenvalue weighted by molar-refractivity contribution is 14.1. The average Bonchev–Trinajstić information content (AvgIpc) is 2.62. The zero-order chi connectivity index (χ0) is 18.7. The van der Waals surface area contributed by atoms with E-state index in [0.717, 1.165) is 22.4 Å². The Bertz CT molecular complexity index is 999. The number of benzene rings is 2. The number of carbonyl (C=O) groups is 1. The molecule has 0 aliphatic carbocycles.